The van der Waals surface area contributed by atoms with Crippen LogP contribution in [0.2, 0.25) is 0 Å². The van der Waals surface area contributed by atoms with E-state index in [1.54, 1.807) is 18.1 Å². The molecule has 1 aromatic heterocycles. The van der Waals surface area contributed by atoms with Crippen LogP contribution in [0.3, 0.4) is 0 Å². The van der Waals surface area contributed by atoms with E-state index in [1.807, 2.05) is 6.92 Å². The smallest absolute Gasteiger partial charge is 0.299 e. The van der Waals surface area contributed by atoms with Gasteiger partial charge in [-0.05, 0) is 75.1 Å². The monoisotopic (exact) mass is 399 g/mol. The van der Waals surface area contributed by atoms with Crippen LogP contribution in [0, 0.1) is 11.8 Å². The number of phenolic OH excluding ortho intramolecular Hbond substituents is 1. The standard InChI is InChI=1S/C22H23F2N3O2/c1-22(29)11-14(12-22)25-21-16-5-3-2-4-15(16)20(26-27-21)17-8-6-13(10-18(17)28)7-9-19(23)24/h6,8,10,14,19,28-29H,2-5,11-12H2,1H3,(H,25,27). The zero-order valence-corrected chi connectivity index (χ0v) is 16.2. The molecule has 0 aliphatic heterocycles. The Bertz CT molecular complexity index is 988. The Kier molecular flexibility index (Phi) is 5.13. The molecule has 2 aromatic rings. The fraction of sp³-hybridized carbons (Fsp3) is 0.455. The highest BCUT2D eigenvalue weighted by atomic mass is 19.3. The summed E-state index contributed by atoms with van der Waals surface area (Å²) in [6, 6.07) is 4.81. The molecule has 1 saturated carbocycles. The van der Waals surface area contributed by atoms with Gasteiger partial charge in [-0.15, -0.1) is 10.2 Å². The number of halogens is 2. The number of phenols is 1. The second kappa shape index (κ2) is 7.60. The van der Waals surface area contributed by atoms with Crippen LogP contribution >= 0.6 is 0 Å². The fourth-order valence-corrected chi connectivity index (χ4v) is 4.23. The number of fused-ring (bicyclic) bond motifs is 1. The second-order valence-electron chi connectivity index (χ2n) is 8.11. The number of hydrogen-bond acceptors (Lipinski definition) is 5. The topological polar surface area (TPSA) is 78.3 Å². The zero-order valence-electron chi connectivity index (χ0n) is 16.2. The molecular weight excluding hydrogens is 376 g/mol. The third kappa shape index (κ3) is 4.18. The Morgan fingerprint density at radius 2 is 1.90 bits per heavy atom. The summed E-state index contributed by atoms with van der Waals surface area (Å²) in [5.41, 5.74) is 3.01. The van der Waals surface area contributed by atoms with Crippen LogP contribution in [0.4, 0.5) is 14.6 Å². The summed E-state index contributed by atoms with van der Waals surface area (Å²) in [5, 5.41) is 32.6. The first-order chi connectivity index (χ1) is 13.8. The number of nitrogens with one attached hydrogen (secondary N) is 1. The van der Waals surface area contributed by atoms with E-state index in [0.29, 0.717) is 29.7 Å². The van der Waals surface area contributed by atoms with E-state index < -0.39 is 12.0 Å². The second-order valence-corrected chi connectivity index (χ2v) is 8.11. The van der Waals surface area contributed by atoms with Crippen molar-refractivity contribution in [3.63, 3.8) is 0 Å². The fourth-order valence-electron chi connectivity index (χ4n) is 4.23. The van der Waals surface area contributed by atoms with Gasteiger partial charge >= 0.3 is 0 Å². The van der Waals surface area contributed by atoms with Crippen molar-refractivity contribution in [1.29, 1.82) is 0 Å². The molecule has 0 atom stereocenters. The van der Waals surface area contributed by atoms with Gasteiger partial charge in [-0.2, -0.15) is 8.78 Å². The molecule has 5 nitrogen and oxygen atoms in total. The highest BCUT2D eigenvalue weighted by molar-refractivity contribution is 5.73. The van der Waals surface area contributed by atoms with Gasteiger partial charge in [0.1, 0.15) is 11.4 Å². The molecule has 7 heteroatoms. The molecule has 1 fully saturated rings. The Morgan fingerprint density at radius 3 is 2.55 bits per heavy atom. The summed E-state index contributed by atoms with van der Waals surface area (Å²) >= 11 is 0. The van der Waals surface area contributed by atoms with E-state index >= 15 is 0 Å². The summed E-state index contributed by atoms with van der Waals surface area (Å²) in [5.74, 6) is 4.84. The molecule has 0 amide bonds. The lowest BCUT2D eigenvalue weighted by molar-refractivity contribution is -0.0235. The number of alkyl halides is 2. The number of anilines is 1. The third-order valence-corrected chi connectivity index (χ3v) is 5.58. The van der Waals surface area contributed by atoms with Gasteiger partial charge in [-0.1, -0.05) is 5.92 Å². The molecule has 152 valence electrons. The quantitative estimate of drug-likeness (QED) is 0.687. The normalized spacial score (nSPS) is 23.0. The van der Waals surface area contributed by atoms with Crippen molar-refractivity contribution in [2.75, 3.05) is 5.32 Å². The SMILES string of the molecule is CC1(O)CC(Nc2nnc(-c3ccc(C#CC(F)F)cc3O)c3c2CCCC3)C1. The predicted octanol–water partition coefficient (Wildman–Crippen LogP) is 3.67. The van der Waals surface area contributed by atoms with E-state index in [-0.39, 0.29) is 11.8 Å². The van der Waals surface area contributed by atoms with Gasteiger partial charge in [0, 0.05) is 22.7 Å². The van der Waals surface area contributed by atoms with E-state index in [4.69, 9.17) is 0 Å². The van der Waals surface area contributed by atoms with Crippen LogP contribution in [-0.2, 0) is 12.8 Å². The minimum absolute atomic E-state index is 0.0520. The van der Waals surface area contributed by atoms with Crippen LogP contribution in [0.1, 0.15) is 49.3 Å². The van der Waals surface area contributed by atoms with Crippen molar-refractivity contribution < 1.29 is 19.0 Å². The zero-order chi connectivity index (χ0) is 20.6. The molecule has 0 bridgehead atoms. The molecule has 0 radical (unpaired) electrons. The lowest BCUT2D eigenvalue weighted by Crippen LogP contribution is -2.48. The molecule has 0 spiro atoms. The predicted molar refractivity (Wildman–Crippen MR) is 106 cm³/mol. The minimum Gasteiger partial charge on any atom is -0.507 e. The molecule has 3 N–H and O–H groups in total. The summed E-state index contributed by atoms with van der Waals surface area (Å²) in [7, 11) is 0. The van der Waals surface area contributed by atoms with Gasteiger partial charge in [0.15, 0.2) is 5.82 Å². The van der Waals surface area contributed by atoms with Crippen molar-refractivity contribution in [1.82, 2.24) is 10.2 Å². The van der Waals surface area contributed by atoms with Crippen molar-refractivity contribution in [3.8, 4) is 28.8 Å². The lowest BCUT2D eigenvalue weighted by Gasteiger charge is -2.41. The Labute approximate surface area is 168 Å². The van der Waals surface area contributed by atoms with Gasteiger partial charge < -0.3 is 15.5 Å². The van der Waals surface area contributed by atoms with Gasteiger partial charge in [0.2, 0.25) is 0 Å². The largest absolute Gasteiger partial charge is 0.507 e. The number of hydrogen-bond donors (Lipinski definition) is 3. The highest BCUT2D eigenvalue weighted by Crippen LogP contribution is 2.39. The molecule has 2 aliphatic rings. The number of aromatic hydroxyl groups is 1. The average molecular weight is 399 g/mol. The molecule has 1 aromatic carbocycles. The highest BCUT2D eigenvalue weighted by Gasteiger charge is 2.39. The Balaban J connectivity index is 1.66. The minimum atomic E-state index is -2.71. The number of aromatic nitrogens is 2. The molecule has 4 rings (SSSR count). The van der Waals surface area contributed by atoms with Gasteiger partial charge in [0.05, 0.1) is 5.60 Å². The van der Waals surface area contributed by atoms with E-state index in [2.05, 4.69) is 21.4 Å². The first kappa shape index (κ1) is 19.6. The number of benzene rings is 1. The van der Waals surface area contributed by atoms with Crippen molar-refractivity contribution in [2.24, 2.45) is 0 Å². The number of rotatable bonds is 3. The van der Waals surface area contributed by atoms with Crippen LogP contribution in [0.15, 0.2) is 18.2 Å². The Morgan fingerprint density at radius 1 is 1.17 bits per heavy atom. The molecular formula is C22H23F2N3O2. The maximum Gasteiger partial charge on any atom is 0.299 e. The van der Waals surface area contributed by atoms with Crippen LogP contribution in [0.5, 0.6) is 5.75 Å². The number of aliphatic hydroxyl groups is 1. The Hall–Kier alpha value is -2.72. The van der Waals surface area contributed by atoms with Crippen molar-refractivity contribution in [3.05, 3.63) is 34.9 Å². The van der Waals surface area contributed by atoms with Crippen molar-refractivity contribution in [2.45, 2.75) is 63.5 Å². The summed E-state index contributed by atoms with van der Waals surface area (Å²) < 4.78 is 24.6. The average Bonchev–Trinajstić information content (AvgIpc) is 2.66. The first-order valence-corrected chi connectivity index (χ1v) is 9.83. The summed E-state index contributed by atoms with van der Waals surface area (Å²) in [6.45, 7) is 1.83. The lowest BCUT2D eigenvalue weighted by atomic mass is 9.77. The van der Waals surface area contributed by atoms with Crippen LogP contribution in [0.25, 0.3) is 11.3 Å². The summed E-state index contributed by atoms with van der Waals surface area (Å²) in [4.78, 5) is 0. The number of nitrogens with zero attached hydrogens (tertiary/aromatic N) is 2. The van der Waals surface area contributed by atoms with Crippen LogP contribution < -0.4 is 5.32 Å². The van der Waals surface area contributed by atoms with Crippen LogP contribution in [-0.4, -0.2) is 38.5 Å². The molecule has 2 aliphatic carbocycles. The van der Waals surface area contributed by atoms with Crippen molar-refractivity contribution >= 4 is 5.82 Å². The molecule has 1 heterocycles. The molecule has 0 unspecified atom stereocenters. The first-order valence-electron chi connectivity index (χ1n) is 9.83. The third-order valence-electron chi connectivity index (χ3n) is 5.58. The van der Waals surface area contributed by atoms with E-state index in [0.717, 1.165) is 42.6 Å². The van der Waals surface area contributed by atoms with E-state index in [9.17, 15) is 19.0 Å². The van der Waals surface area contributed by atoms with E-state index in [1.165, 1.54) is 6.07 Å². The van der Waals surface area contributed by atoms with Gasteiger partial charge in [-0.3, -0.25) is 0 Å². The maximum absolute atomic E-state index is 12.3. The summed E-state index contributed by atoms with van der Waals surface area (Å²) in [6.07, 6.45) is 2.44. The van der Waals surface area contributed by atoms with Gasteiger partial charge in [0.25, 0.3) is 6.43 Å². The maximum atomic E-state index is 12.3. The molecule has 29 heavy (non-hydrogen) atoms. The van der Waals surface area contributed by atoms with Gasteiger partial charge in [-0.25, -0.2) is 0 Å². The molecule has 0 saturated heterocycles.